The topological polar surface area (TPSA) is 51.3 Å². The first-order chi connectivity index (χ1) is 11.3. The Morgan fingerprint density at radius 1 is 1.13 bits per heavy atom. The van der Waals surface area contributed by atoms with Gasteiger partial charge in [-0.1, -0.05) is 30.3 Å². The van der Waals surface area contributed by atoms with Gasteiger partial charge in [0.1, 0.15) is 11.5 Å². The van der Waals surface area contributed by atoms with E-state index < -0.39 is 0 Å². The Hall–Kier alpha value is -2.82. The molecule has 0 fully saturated rings. The number of aromatic nitrogens is 2. The average Bonchev–Trinajstić information content (AvgIpc) is 3.24. The summed E-state index contributed by atoms with van der Waals surface area (Å²) in [7, 11) is 0. The maximum absolute atomic E-state index is 12.5. The standard InChI is InChI=1S/C18H17N3O2/c22-18(11-14-5-2-1-3-6-14)20-8-9-21-15(12-19-17(21)13-20)16-7-4-10-23-16/h1-7,10,12H,8-9,11,13H2. The predicted octanol–water partition coefficient (Wildman–Crippen LogP) is 2.73. The smallest absolute Gasteiger partial charge is 0.227 e. The Kier molecular flexibility index (Phi) is 3.46. The van der Waals surface area contributed by atoms with E-state index in [0.29, 0.717) is 19.5 Å². The van der Waals surface area contributed by atoms with Crippen molar-refractivity contribution >= 4 is 5.91 Å². The van der Waals surface area contributed by atoms with Gasteiger partial charge in [-0.05, 0) is 17.7 Å². The zero-order valence-corrected chi connectivity index (χ0v) is 12.7. The monoisotopic (exact) mass is 307 g/mol. The Balaban J connectivity index is 1.50. The minimum atomic E-state index is 0.144. The van der Waals surface area contributed by atoms with E-state index in [2.05, 4.69) is 9.55 Å². The van der Waals surface area contributed by atoms with E-state index in [1.807, 2.05) is 53.6 Å². The molecule has 23 heavy (non-hydrogen) atoms. The number of hydrogen-bond donors (Lipinski definition) is 0. The molecule has 0 unspecified atom stereocenters. The lowest BCUT2D eigenvalue weighted by Crippen LogP contribution is -2.39. The first kappa shape index (κ1) is 13.8. The Morgan fingerprint density at radius 3 is 2.78 bits per heavy atom. The van der Waals surface area contributed by atoms with Crippen LogP contribution in [0.2, 0.25) is 0 Å². The lowest BCUT2D eigenvalue weighted by atomic mass is 10.1. The summed E-state index contributed by atoms with van der Waals surface area (Å²) in [6, 6.07) is 13.6. The molecule has 1 aromatic carbocycles. The molecule has 0 saturated carbocycles. The quantitative estimate of drug-likeness (QED) is 0.747. The molecule has 1 amide bonds. The van der Waals surface area contributed by atoms with Crippen LogP contribution < -0.4 is 0 Å². The number of benzene rings is 1. The van der Waals surface area contributed by atoms with Gasteiger partial charge in [-0.2, -0.15) is 0 Å². The van der Waals surface area contributed by atoms with Crippen molar-refractivity contribution in [3.63, 3.8) is 0 Å². The normalized spacial score (nSPS) is 13.8. The van der Waals surface area contributed by atoms with E-state index in [0.717, 1.165) is 29.4 Å². The minimum absolute atomic E-state index is 0.144. The molecule has 0 spiro atoms. The predicted molar refractivity (Wildman–Crippen MR) is 85.5 cm³/mol. The van der Waals surface area contributed by atoms with Gasteiger partial charge in [0, 0.05) is 13.1 Å². The van der Waals surface area contributed by atoms with Crippen LogP contribution in [0.25, 0.3) is 11.5 Å². The maximum atomic E-state index is 12.5. The Bertz CT molecular complexity index is 806. The van der Waals surface area contributed by atoms with Crippen LogP contribution in [0.3, 0.4) is 0 Å². The Morgan fingerprint density at radius 2 is 2.00 bits per heavy atom. The van der Waals surface area contributed by atoms with Gasteiger partial charge < -0.3 is 13.9 Å². The summed E-state index contributed by atoms with van der Waals surface area (Å²) in [6.45, 7) is 1.99. The molecule has 0 aliphatic carbocycles. The molecule has 5 nitrogen and oxygen atoms in total. The molecule has 0 atom stereocenters. The number of fused-ring (bicyclic) bond motifs is 1. The number of furan rings is 1. The highest BCUT2D eigenvalue weighted by atomic mass is 16.3. The van der Waals surface area contributed by atoms with Gasteiger partial charge in [0.25, 0.3) is 0 Å². The number of carbonyl (C=O) groups is 1. The molecule has 0 saturated heterocycles. The molecule has 1 aliphatic rings. The van der Waals surface area contributed by atoms with Crippen molar-refractivity contribution in [1.29, 1.82) is 0 Å². The van der Waals surface area contributed by atoms with Gasteiger partial charge in [-0.15, -0.1) is 0 Å². The molecule has 3 heterocycles. The number of amides is 1. The van der Waals surface area contributed by atoms with E-state index in [9.17, 15) is 4.79 Å². The molecule has 0 bridgehead atoms. The second kappa shape index (κ2) is 5.76. The van der Waals surface area contributed by atoms with Crippen molar-refractivity contribution < 1.29 is 9.21 Å². The fourth-order valence-corrected chi connectivity index (χ4v) is 2.98. The van der Waals surface area contributed by atoms with Crippen LogP contribution >= 0.6 is 0 Å². The molecule has 4 rings (SSSR count). The highest BCUT2D eigenvalue weighted by molar-refractivity contribution is 5.78. The van der Waals surface area contributed by atoms with Crippen molar-refractivity contribution in [2.24, 2.45) is 0 Å². The summed E-state index contributed by atoms with van der Waals surface area (Å²) in [4.78, 5) is 18.8. The van der Waals surface area contributed by atoms with Crippen LogP contribution in [0.1, 0.15) is 11.4 Å². The molecule has 0 N–H and O–H groups in total. The van der Waals surface area contributed by atoms with Crippen LogP contribution in [0.4, 0.5) is 0 Å². The van der Waals surface area contributed by atoms with Crippen molar-refractivity contribution in [3.8, 4) is 11.5 Å². The SMILES string of the molecule is O=C(Cc1ccccc1)N1CCn2c(-c3ccco3)cnc2C1. The molecule has 2 aromatic heterocycles. The van der Waals surface area contributed by atoms with Crippen molar-refractivity contribution in [3.05, 3.63) is 66.3 Å². The molecular formula is C18H17N3O2. The number of rotatable bonds is 3. The minimum Gasteiger partial charge on any atom is -0.463 e. The Labute approximate surface area is 134 Å². The van der Waals surface area contributed by atoms with Crippen molar-refractivity contribution in [2.75, 3.05) is 6.54 Å². The molecule has 3 aromatic rings. The van der Waals surface area contributed by atoms with Gasteiger partial charge in [-0.3, -0.25) is 4.79 Å². The van der Waals surface area contributed by atoms with Gasteiger partial charge >= 0.3 is 0 Å². The van der Waals surface area contributed by atoms with Gasteiger partial charge in [0.2, 0.25) is 5.91 Å². The fraction of sp³-hybridized carbons (Fsp3) is 0.222. The summed E-state index contributed by atoms with van der Waals surface area (Å²) in [6.07, 6.45) is 3.92. The lowest BCUT2D eigenvalue weighted by Gasteiger charge is -2.28. The molecule has 116 valence electrons. The van der Waals surface area contributed by atoms with Crippen molar-refractivity contribution in [1.82, 2.24) is 14.5 Å². The highest BCUT2D eigenvalue weighted by Crippen LogP contribution is 2.24. The first-order valence-electron chi connectivity index (χ1n) is 7.71. The van der Waals surface area contributed by atoms with Crippen LogP contribution in [0, 0.1) is 0 Å². The van der Waals surface area contributed by atoms with Gasteiger partial charge in [-0.25, -0.2) is 4.98 Å². The zero-order valence-electron chi connectivity index (χ0n) is 12.7. The van der Waals surface area contributed by atoms with Crippen LogP contribution in [-0.4, -0.2) is 26.9 Å². The van der Waals surface area contributed by atoms with E-state index in [-0.39, 0.29) is 5.91 Å². The fourth-order valence-electron chi connectivity index (χ4n) is 2.98. The molecule has 0 radical (unpaired) electrons. The summed E-state index contributed by atoms with van der Waals surface area (Å²) < 4.78 is 7.59. The molecule has 1 aliphatic heterocycles. The third-order valence-electron chi connectivity index (χ3n) is 4.19. The van der Waals surface area contributed by atoms with E-state index in [4.69, 9.17) is 4.42 Å². The number of imidazole rings is 1. The van der Waals surface area contributed by atoms with E-state index >= 15 is 0 Å². The highest BCUT2D eigenvalue weighted by Gasteiger charge is 2.24. The third kappa shape index (κ3) is 2.65. The number of nitrogens with zero attached hydrogens (tertiary/aromatic N) is 3. The zero-order chi connectivity index (χ0) is 15.6. The average molecular weight is 307 g/mol. The van der Waals surface area contributed by atoms with Gasteiger partial charge in [0.15, 0.2) is 5.76 Å². The van der Waals surface area contributed by atoms with Crippen LogP contribution in [0.5, 0.6) is 0 Å². The van der Waals surface area contributed by atoms with E-state index in [1.54, 1.807) is 6.26 Å². The maximum Gasteiger partial charge on any atom is 0.227 e. The van der Waals surface area contributed by atoms with Crippen LogP contribution in [-0.2, 0) is 24.3 Å². The molecular weight excluding hydrogens is 290 g/mol. The second-order valence-corrected chi connectivity index (χ2v) is 5.67. The molecule has 5 heteroatoms. The van der Waals surface area contributed by atoms with Crippen LogP contribution in [0.15, 0.2) is 59.3 Å². The largest absolute Gasteiger partial charge is 0.463 e. The van der Waals surface area contributed by atoms with E-state index in [1.165, 1.54) is 0 Å². The summed E-state index contributed by atoms with van der Waals surface area (Å²) in [5, 5.41) is 0. The summed E-state index contributed by atoms with van der Waals surface area (Å²) in [5.74, 6) is 1.86. The number of carbonyl (C=O) groups excluding carboxylic acids is 1. The third-order valence-corrected chi connectivity index (χ3v) is 4.19. The first-order valence-corrected chi connectivity index (χ1v) is 7.71. The summed E-state index contributed by atoms with van der Waals surface area (Å²) >= 11 is 0. The summed E-state index contributed by atoms with van der Waals surface area (Å²) in [5.41, 5.74) is 2.02. The second-order valence-electron chi connectivity index (χ2n) is 5.67. The number of hydrogen-bond acceptors (Lipinski definition) is 3. The van der Waals surface area contributed by atoms with Crippen molar-refractivity contribution in [2.45, 2.75) is 19.5 Å². The lowest BCUT2D eigenvalue weighted by molar-refractivity contribution is -0.132. The van der Waals surface area contributed by atoms with Gasteiger partial charge in [0.05, 0.1) is 25.4 Å².